The molecule has 2 aromatic carbocycles. The van der Waals surface area contributed by atoms with Crippen molar-refractivity contribution in [2.24, 2.45) is 0 Å². The third kappa shape index (κ3) is 2.57. The molecule has 0 aliphatic rings. The number of hydrogen-bond donors (Lipinski definition) is 3. The van der Waals surface area contributed by atoms with Gasteiger partial charge in [-0.1, -0.05) is 0 Å². The number of aromatic nitrogens is 4. The molecule has 8 heteroatoms. The lowest BCUT2D eigenvalue weighted by Gasteiger charge is -2.05. The van der Waals surface area contributed by atoms with E-state index >= 15 is 0 Å². The molecule has 0 aliphatic heterocycles. The molecule has 0 spiro atoms. The Morgan fingerprint density at radius 1 is 1.19 bits per heavy atom. The second-order valence-corrected chi connectivity index (χ2v) is 5.63. The largest absolute Gasteiger partial charge is 0.497 e. The molecule has 3 N–H and O–H groups in total. The predicted octanol–water partition coefficient (Wildman–Crippen LogP) is 3.47. The van der Waals surface area contributed by atoms with Gasteiger partial charge in [-0.2, -0.15) is 5.10 Å². The number of nitrogens with zero attached hydrogens (tertiary/aromatic N) is 2. The van der Waals surface area contributed by atoms with Crippen molar-refractivity contribution >= 4 is 17.0 Å². The van der Waals surface area contributed by atoms with Crippen molar-refractivity contribution in [3.05, 3.63) is 54.0 Å². The molecule has 0 amide bonds. The third-order valence-electron chi connectivity index (χ3n) is 4.07. The van der Waals surface area contributed by atoms with Crippen molar-refractivity contribution in [1.82, 2.24) is 20.2 Å². The highest BCUT2D eigenvalue weighted by atomic mass is 19.1. The van der Waals surface area contributed by atoms with Gasteiger partial charge in [-0.25, -0.2) is 14.2 Å². The fourth-order valence-corrected chi connectivity index (χ4v) is 2.77. The van der Waals surface area contributed by atoms with Crippen LogP contribution in [0, 0.1) is 5.82 Å². The molecule has 4 aromatic rings. The third-order valence-corrected chi connectivity index (χ3v) is 4.07. The number of nitrogens with one attached hydrogen (secondary N) is 2. The number of carbonyl (C=O) groups is 1. The summed E-state index contributed by atoms with van der Waals surface area (Å²) in [6.45, 7) is 0. The number of rotatable bonds is 4. The number of aromatic carboxylic acids is 1. The van der Waals surface area contributed by atoms with Crippen LogP contribution in [0.1, 0.15) is 10.4 Å². The summed E-state index contributed by atoms with van der Waals surface area (Å²) >= 11 is 0. The predicted molar refractivity (Wildman–Crippen MR) is 92.6 cm³/mol. The van der Waals surface area contributed by atoms with Gasteiger partial charge in [0.05, 0.1) is 41.2 Å². The van der Waals surface area contributed by atoms with Crippen molar-refractivity contribution < 1.29 is 19.0 Å². The van der Waals surface area contributed by atoms with Gasteiger partial charge in [0.2, 0.25) is 0 Å². The van der Waals surface area contributed by atoms with Crippen molar-refractivity contribution in [2.75, 3.05) is 7.11 Å². The van der Waals surface area contributed by atoms with Crippen LogP contribution in [0.25, 0.3) is 33.7 Å². The molecular formula is C18H13FN4O3. The fraction of sp³-hybridized carbons (Fsp3) is 0.0556. The highest BCUT2D eigenvalue weighted by Gasteiger charge is 2.17. The van der Waals surface area contributed by atoms with Gasteiger partial charge < -0.3 is 14.8 Å². The quantitative estimate of drug-likeness (QED) is 0.522. The number of imidazole rings is 1. The van der Waals surface area contributed by atoms with Crippen LogP contribution in [0.2, 0.25) is 0 Å². The summed E-state index contributed by atoms with van der Waals surface area (Å²) in [5.41, 5.74) is 2.69. The van der Waals surface area contributed by atoms with Gasteiger partial charge in [0.1, 0.15) is 17.4 Å². The number of carboxylic acids is 1. The monoisotopic (exact) mass is 352 g/mol. The highest BCUT2D eigenvalue weighted by Crippen LogP contribution is 2.32. The molecule has 0 saturated carbocycles. The summed E-state index contributed by atoms with van der Waals surface area (Å²) in [6.07, 6.45) is 1.54. The van der Waals surface area contributed by atoms with Gasteiger partial charge in [-0.05, 0) is 30.3 Å². The number of benzene rings is 2. The SMILES string of the molecule is COc1ccc(-c2[nH]ncc2-c2nc3ccc(C(=O)O)cc3[nH]2)c(F)c1. The molecule has 0 saturated heterocycles. The number of ether oxygens (including phenoxy) is 1. The molecule has 2 heterocycles. The van der Waals surface area contributed by atoms with E-state index in [0.29, 0.717) is 39.4 Å². The van der Waals surface area contributed by atoms with Crippen LogP contribution in [0.3, 0.4) is 0 Å². The molecule has 0 bridgehead atoms. The normalized spacial score (nSPS) is 11.0. The Morgan fingerprint density at radius 2 is 2.04 bits per heavy atom. The molecular weight excluding hydrogens is 339 g/mol. The van der Waals surface area contributed by atoms with Crippen LogP contribution in [-0.2, 0) is 0 Å². The standard InChI is InChI=1S/C18H13FN4O3/c1-26-10-3-4-11(13(19)7-10)16-12(8-20-23-16)17-21-14-5-2-9(18(24)25)6-15(14)22-17/h2-8H,1H3,(H,20,23)(H,21,22)(H,24,25). The summed E-state index contributed by atoms with van der Waals surface area (Å²) in [5, 5.41) is 15.9. The number of halogens is 1. The molecule has 0 aliphatic carbocycles. The van der Waals surface area contributed by atoms with E-state index in [9.17, 15) is 9.18 Å². The maximum absolute atomic E-state index is 14.4. The number of hydrogen-bond acceptors (Lipinski definition) is 4. The molecule has 0 unspecified atom stereocenters. The van der Waals surface area contributed by atoms with Crippen molar-refractivity contribution in [3.8, 4) is 28.4 Å². The Morgan fingerprint density at radius 3 is 2.77 bits per heavy atom. The number of methoxy groups -OCH3 is 1. The van der Waals surface area contributed by atoms with Gasteiger partial charge in [0.15, 0.2) is 0 Å². The summed E-state index contributed by atoms with van der Waals surface area (Å²) in [5.74, 6) is -0.606. The Balaban J connectivity index is 1.82. The van der Waals surface area contributed by atoms with Crippen LogP contribution >= 0.6 is 0 Å². The fourth-order valence-electron chi connectivity index (χ4n) is 2.77. The first-order valence-corrected chi connectivity index (χ1v) is 7.67. The van der Waals surface area contributed by atoms with Gasteiger partial charge in [0.25, 0.3) is 0 Å². The van der Waals surface area contributed by atoms with E-state index in [1.165, 1.54) is 31.5 Å². The topological polar surface area (TPSA) is 104 Å². The van der Waals surface area contributed by atoms with Crippen molar-refractivity contribution in [2.45, 2.75) is 0 Å². The number of H-pyrrole nitrogens is 2. The lowest BCUT2D eigenvalue weighted by molar-refractivity contribution is 0.0697. The van der Waals surface area contributed by atoms with Crippen LogP contribution in [-0.4, -0.2) is 38.4 Å². The van der Waals surface area contributed by atoms with E-state index in [1.807, 2.05) is 0 Å². The zero-order valence-electron chi connectivity index (χ0n) is 13.6. The molecule has 0 fully saturated rings. The summed E-state index contributed by atoms with van der Waals surface area (Å²) in [6, 6.07) is 9.14. The van der Waals surface area contributed by atoms with Crippen LogP contribution in [0.15, 0.2) is 42.6 Å². The molecule has 4 rings (SSSR count). The Bertz CT molecular complexity index is 1130. The Labute approximate surface area is 146 Å². The lowest BCUT2D eigenvalue weighted by atomic mass is 10.1. The maximum Gasteiger partial charge on any atom is 0.335 e. The second-order valence-electron chi connectivity index (χ2n) is 5.63. The first kappa shape index (κ1) is 15.8. The zero-order valence-corrected chi connectivity index (χ0v) is 13.6. The van der Waals surface area contributed by atoms with Crippen molar-refractivity contribution in [1.29, 1.82) is 0 Å². The average Bonchev–Trinajstić information content (AvgIpc) is 3.27. The molecule has 130 valence electrons. The van der Waals surface area contributed by atoms with E-state index in [-0.39, 0.29) is 5.56 Å². The van der Waals surface area contributed by atoms with E-state index in [4.69, 9.17) is 9.84 Å². The summed E-state index contributed by atoms with van der Waals surface area (Å²) in [7, 11) is 1.47. The molecule has 0 atom stereocenters. The molecule has 2 aromatic heterocycles. The first-order chi connectivity index (χ1) is 12.6. The van der Waals surface area contributed by atoms with Gasteiger partial charge in [-0.15, -0.1) is 0 Å². The average molecular weight is 352 g/mol. The highest BCUT2D eigenvalue weighted by molar-refractivity contribution is 5.93. The molecule has 7 nitrogen and oxygen atoms in total. The van der Waals surface area contributed by atoms with Crippen LogP contribution in [0.5, 0.6) is 5.75 Å². The lowest BCUT2D eigenvalue weighted by Crippen LogP contribution is -1.94. The van der Waals surface area contributed by atoms with Crippen LogP contribution < -0.4 is 4.74 Å². The number of carboxylic acid groups (broad SMARTS) is 1. The number of aromatic amines is 2. The van der Waals surface area contributed by atoms with E-state index in [0.717, 1.165) is 0 Å². The Hall–Kier alpha value is -3.68. The van der Waals surface area contributed by atoms with Gasteiger partial charge in [-0.3, -0.25) is 5.10 Å². The minimum absolute atomic E-state index is 0.154. The molecule has 26 heavy (non-hydrogen) atoms. The van der Waals surface area contributed by atoms with Gasteiger partial charge >= 0.3 is 5.97 Å². The van der Waals surface area contributed by atoms with Crippen molar-refractivity contribution in [3.63, 3.8) is 0 Å². The maximum atomic E-state index is 14.4. The Kier molecular flexibility index (Phi) is 3.65. The smallest absolute Gasteiger partial charge is 0.335 e. The van der Waals surface area contributed by atoms with E-state index in [1.54, 1.807) is 18.2 Å². The minimum Gasteiger partial charge on any atom is -0.497 e. The molecule has 0 radical (unpaired) electrons. The summed E-state index contributed by atoms with van der Waals surface area (Å²) < 4.78 is 19.4. The van der Waals surface area contributed by atoms with Gasteiger partial charge in [0, 0.05) is 11.6 Å². The van der Waals surface area contributed by atoms with Crippen LogP contribution in [0.4, 0.5) is 4.39 Å². The zero-order chi connectivity index (χ0) is 18.3. The summed E-state index contributed by atoms with van der Waals surface area (Å²) in [4.78, 5) is 18.6. The number of fused-ring (bicyclic) bond motifs is 1. The minimum atomic E-state index is -1.02. The first-order valence-electron chi connectivity index (χ1n) is 7.67. The second kappa shape index (κ2) is 5.99. The van der Waals surface area contributed by atoms with E-state index < -0.39 is 11.8 Å². The van der Waals surface area contributed by atoms with E-state index in [2.05, 4.69) is 20.2 Å².